The number of carbonyl (C=O) groups excluding carboxylic acids is 1. The lowest BCUT2D eigenvalue weighted by Crippen LogP contribution is -2.66. The van der Waals surface area contributed by atoms with Crippen molar-refractivity contribution in [3.63, 3.8) is 0 Å². The molecule has 0 aliphatic carbocycles. The molecule has 46 heavy (non-hydrogen) atoms. The summed E-state index contributed by atoms with van der Waals surface area (Å²) in [6.45, 7) is 11.8. The largest absolute Gasteiger partial charge is 0.403 e. The van der Waals surface area contributed by atoms with Gasteiger partial charge in [0.25, 0.3) is 14.2 Å². The fraction of sp³-hybridized carbons (Fsp3) is 0.457. The number of ether oxygens (including phenoxy) is 2. The van der Waals surface area contributed by atoms with Gasteiger partial charge in [0, 0.05) is 37.3 Å². The number of amides is 1. The number of morpholine rings is 2. The van der Waals surface area contributed by atoms with Crippen LogP contribution in [0.3, 0.4) is 0 Å². The molecule has 246 valence electrons. The van der Waals surface area contributed by atoms with Crippen LogP contribution < -0.4 is 15.3 Å². The minimum atomic E-state index is -3.10. The third-order valence-corrected chi connectivity index (χ3v) is 13.8. The Morgan fingerprint density at radius 3 is 2.00 bits per heavy atom. The van der Waals surface area contributed by atoms with Crippen molar-refractivity contribution in [2.45, 2.75) is 64.5 Å². The maximum atomic E-state index is 16.5. The molecular weight excluding hydrogens is 608 g/mol. The van der Waals surface area contributed by atoms with Crippen molar-refractivity contribution in [1.82, 2.24) is 4.90 Å². The molecular formula is C35H43F2N3O5Si. The van der Waals surface area contributed by atoms with Gasteiger partial charge in [0.05, 0.1) is 37.7 Å². The minimum absolute atomic E-state index is 0.0460. The molecule has 2 saturated heterocycles. The van der Waals surface area contributed by atoms with Crippen molar-refractivity contribution in [3.8, 4) is 0 Å². The third-order valence-electron chi connectivity index (χ3n) is 8.84. The van der Waals surface area contributed by atoms with Gasteiger partial charge in [-0.05, 0) is 35.3 Å². The van der Waals surface area contributed by atoms with Crippen molar-refractivity contribution in [1.29, 1.82) is 0 Å². The predicted molar refractivity (Wildman–Crippen MR) is 177 cm³/mol. The molecule has 1 amide bonds. The Morgan fingerprint density at radius 1 is 0.957 bits per heavy atom. The lowest BCUT2D eigenvalue weighted by atomic mass is 9.99. The number of hydrogen-bond donors (Lipinski definition) is 0. The van der Waals surface area contributed by atoms with Crippen LogP contribution in [0.25, 0.3) is 0 Å². The highest BCUT2D eigenvalue weighted by atomic mass is 28.4. The molecule has 2 heterocycles. The summed E-state index contributed by atoms with van der Waals surface area (Å²) in [7, 11) is -3.10. The molecule has 3 aromatic carbocycles. The van der Waals surface area contributed by atoms with E-state index >= 15 is 8.78 Å². The van der Waals surface area contributed by atoms with Gasteiger partial charge in [-0.25, -0.2) is 8.78 Å². The van der Waals surface area contributed by atoms with E-state index in [-0.39, 0.29) is 55.8 Å². The molecule has 0 aromatic heterocycles. The number of halogens is 2. The number of benzene rings is 3. The highest BCUT2D eigenvalue weighted by molar-refractivity contribution is 6.99. The van der Waals surface area contributed by atoms with E-state index < -0.39 is 37.5 Å². The quantitative estimate of drug-likeness (QED) is 0.230. The zero-order valence-electron chi connectivity index (χ0n) is 27.2. The molecule has 0 radical (unpaired) electrons. The molecule has 2 aliphatic rings. The molecule has 11 heteroatoms. The number of carbonyl (C=O) groups is 1. The molecule has 3 aromatic rings. The summed E-state index contributed by atoms with van der Waals surface area (Å²) in [5.41, 5.74) is -0.0144. The van der Waals surface area contributed by atoms with Gasteiger partial charge in [0.15, 0.2) is 17.7 Å². The van der Waals surface area contributed by atoms with Crippen LogP contribution in [0.4, 0.5) is 14.5 Å². The van der Waals surface area contributed by atoms with Crippen molar-refractivity contribution in [2.24, 2.45) is 5.18 Å². The van der Waals surface area contributed by atoms with E-state index in [1.165, 1.54) is 11.0 Å². The van der Waals surface area contributed by atoms with Crippen LogP contribution in [0.5, 0.6) is 0 Å². The number of nitrogens with zero attached hydrogens (tertiary/aromatic N) is 3. The molecule has 0 spiro atoms. The fourth-order valence-electron chi connectivity index (χ4n) is 6.84. The second kappa shape index (κ2) is 14.1. The van der Waals surface area contributed by atoms with Gasteiger partial charge in [-0.2, -0.15) is 0 Å². The molecule has 0 bridgehead atoms. The standard InChI is InChI=1S/C35H43F2N3O5Si/c1-24-21-40(22-25(2)45-24)33-26(20-29(30(36)31(33)37)32(38-42)34(41)39-16-18-43-19-17-39)23-44-46(35(3,4)5,27-12-8-6-9-13-27)28-14-10-7-11-15-28/h6-15,20,24-25,32H,16-19,21-23H2,1-5H3. The summed E-state index contributed by atoms with van der Waals surface area (Å²) in [5, 5.41) is 4.71. The third kappa shape index (κ3) is 6.64. The molecule has 2 fully saturated rings. The lowest BCUT2D eigenvalue weighted by molar-refractivity contribution is -0.136. The summed E-state index contributed by atoms with van der Waals surface area (Å²) in [5.74, 6) is -3.08. The van der Waals surface area contributed by atoms with Gasteiger partial charge < -0.3 is 23.7 Å². The van der Waals surface area contributed by atoms with E-state index in [9.17, 15) is 9.70 Å². The van der Waals surface area contributed by atoms with Gasteiger partial charge in [-0.3, -0.25) is 4.79 Å². The second-order valence-electron chi connectivity index (χ2n) is 13.2. The molecule has 2 aliphatic heterocycles. The van der Waals surface area contributed by atoms with Crippen molar-refractivity contribution < 1.29 is 27.5 Å². The predicted octanol–water partition coefficient (Wildman–Crippen LogP) is 5.32. The summed E-state index contributed by atoms with van der Waals surface area (Å²) in [6, 6.07) is 19.7. The normalized spacial score (nSPS) is 20.0. The van der Waals surface area contributed by atoms with Crippen molar-refractivity contribution in [3.05, 3.63) is 94.4 Å². The number of hydrogen-bond acceptors (Lipinski definition) is 7. The number of rotatable bonds is 9. The van der Waals surface area contributed by atoms with E-state index in [4.69, 9.17) is 13.9 Å². The highest BCUT2D eigenvalue weighted by Crippen LogP contribution is 2.40. The number of nitroso groups, excluding NO2 is 1. The van der Waals surface area contributed by atoms with Crippen LogP contribution in [-0.2, 0) is 25.3 Å². The maximum absolute atomic E-state index is 16.5. The minimum Gasteiger partial charge on any atom is -0.403 e. The summed E-state index contributed by atoms with van der Waals surface area (Å²) in [6.07, 6.45) is -0.466. The van der Waals surface area contributed by atoms with Crippen LogP contribution in [0.1, 0.15) is 51.8 Å². The average molecular weight is 652 g/mol. The first-order valence-corrected chi connectivity index (χ1v) is 17.7. The van der Waals surface area contributed by atoms with Crippen LogP contribution in [0.15, 0.2) is 71.9 Å². The molecule has 8 nitrogen and oxygen atoms in total. The topological polar surface area (TPSA) is 80.7 Å². The molecule has 3 unspecified atom stereocenters. The van der Waals surface area contributed by atoms with Gasteiger partial charge in [-0.1, -0.05) is 86.6 Å². The van der Waals surface area contributed by atoms with E-state index in [0.29, 0.717) is 18.7 Å². The SMILES string of the molecule is CC1CN(c2c(CO[Si](c3ccccc3)(c3ccccc3)C(C)(C)C)cc(C(N=O)C(=O)N3CCOCC3)c(F)c2F)CC(C)O1. The van der Waals surface area contributed by atoms with Gasteiger partial charge in [0.2, 0.25) is 0 Å². The van der Waals surface area contributed by atoms with Crippen LogP contribution >= 0.6 is 0 Å². The zero-order valence-corrected chi connectivity index (χ0v) is 28.2. The van der Waals surface area contributed by atoms with Crippen LogP contribution in [0, 0.1) is 16.5 Å². The summed E-state index contributed by atoms with van der Waals surface area (Å²) in [4.78, 5) is 28.8. The lowest BCUT2D eigenvalue weighted by Gasteiger charge is -2.43. The van der Waals surface area contributed by atoms with Crippen molar-refractivity contribution in [2.75, 3.05) is 44.3 Å². The average Bonchev–Trinajstić information content (AvgIpc) is 3.04. The fourth-order valence-corrected chi connectivity index (χ4v) is 11.4. The molecule has 0 saturated carbocycles. The molecule has 0 N–H and O–H groups in total. The van der Waals surface area contributed by atoms with Gasteiger partial charge in [-0.15, -0.1) is 4.91 Å². The first-order valence-electron chi connectivity index (χ1n) is 15.8. The van der Waals surface area contributed by atoms with Gasteiger partial charge >= 0.3 is 0 Å². The van der Waals surface area contributed by atoms with Crippen molar-refractivity contribution >= 4 is 30.3 Å². The summed E-state index contributed by atoms with van der Waals surface area (Å²) < 4.78 is 50.9. The van der Waals surface area contributed by atoms with E-state index in [1.54, 1.807) is 4.90 Å². The highest BCUT2D eigenvalue weighted by Gasteiger charge is 2.50. The van der Waals surface area contributed by atoms with Crippen LogP contribution in [-0.4, -0.2) is 70.7 Å². The Bertz CT molecular complexity index is 1470. The Labute approximate surface area is 270 Å². The Balaban J connectivity index is 1.66. The zero-order chi connectivity index (χ0) is 33.1. The molecule has 5 rings (SSSR count). The number of anilines is 1. The monoisotopic (exact) mass is 651 g/mol. The van der Waals surface area contributed by atoms with E-state index in [1.807, 2.05) is 50.2 Å². The Hall–Kier alpha value is -3.51. The first-order chi connectivity index (χ1) is 22.0. The maximum Gasteiger partial charge on any atom is 0.261 e. The first kappa shape index (κ1) is 33.8. The van der Waals surface area contributed by atoms with E-state index in [2.05, 4.69) is 50.2 Å². The van der Waals surface area contributed by atoms with E-state index in [0.717, 1.165) is 10.4 Å². The smallest absolute Gasteiger partial charge is 0.261 e. The second-order valence-corrected chi connectivity index (χ2v) is 17.5. The summed E-state index contributed by atoms with van der Waals surface area (Å²) >= 11 is 0. The molecule has 3 atom stereocenters. The van der Waals surface area contributed by atoms with Crippen LogP contribution in [0.2, 0.25) is 5.04 Å². The Kier molecular flexibility index (Phi) is 10.4. The van der Waals surface area contributed by atoms with Gasteiger partial charge in [0.1, 0.15) is 0 Å². The Morgan fingerprint density at radius 2 is 1.50 bits per heavy atom.